The van der Waals surface area contributed by atoms with Crippen molar-refractivity contribution in [2.75, 3.05) is 6.54 Å². The molecule has 10 N–H and O–H groups in total. The number of rotatable bonds is 16. The van der Waals surface area contributed by atoms with Gasteiger partial charge in [0, 0.05) is 23.5 Å². The number of aliphatic hydroxyl groups excluding tert-OH is 1. The molecule has 0 unspecified atom stereocenters. The summed E-state index contributed by atoms with van der Waals surface area (Å²) in [6.07, 6.45) is 1.96. The zero-order valence-electron chi connectivity index (χ0n) is 23.6. The molecular formula is C30H40N6O6. The van der Waals surface area contributed by atoms with Crippen LogP contribution >= 0.6 is 0 Å². The van der Waals surface area contributed by atoms with Gasteiger partial charge in [-0.15, -0.1) is 0 Å². The number of hydrogen-bond donors (Lipinski definition) is 8. The number of aliphatic hydroxyl groups is 1. The highest BCUT2D eigenvalue weighted by Gasteiger charge is 2.32. The molecule has 12 heteroatoms. The summed E-state index contributed by atoms with van der Waals surface area (Å²) in [5.41, 5.74) is 14.3. The van der Waals surface area contributed by atoms with Gasteiger partial charge in [0.15, 0.2) is 6.04 Å². The van der Waals surface area contributed by atoms with E-state index in [1.54, 1.807) is 6.20 Å². The Bertz CT molecular complexity index is 1340. The highest BCUT2D eigenvalue weighted by atomic mass is 16.4. The summed E-state index contributed by atoms with van der Waals surface area (Å²) < 4.78 is 0. The van der Waals surface area contributed by atoms with Crippen molar-refractivity contribution in [3.63, 3.8) is 0 Å². The molecule has 0 spiro atoms. The van der Waals surface area contributed by atoms with Crippen LogP contribution < -0.4 is 27.4 Å². The van der Waals surface area contributed by atoms with E-state index in [9.17, 15) is 29.4 Å². The van der Waals surface area contributed by atoms with Crippen molar-refractivity contribution in [2.24, 2.45) is 11.5 Å². The first kappa shape index (κ1) is 32.3. The van der Waals surface area contributed by atoms with Gasteiger partial charge in [0.05, 0.1) is 12.1 Å². The lowest BCUT2D eigenvalue weighted by Crippen LogP contribution is -2.58. The molecular weight excluding hydrogens is 540 g/mol. The monoisotopic (exact) mass is 580 g/mol. The first-order chi connectivity index (χ1) is 20.1. The summed E-state index contributed by atoms with van der Waals surface area (Å²) in [5.74, 6) is -3.37. The predicted octanol–water partition coefficient (Wildman–Crippen LogP) is 0.329. The van der Waals surface area contributed by atoms with E-state index >= 15 is 0 Å². The maximum absolute atomic E-state index is 13.7. The molecule has 12 nitrogen and oxygen atoms in total. The molecule has 2 aromatic carbocycles. The Balaban J connectivity index is 1.83. The molecule has 5 atom stereocenters. The summed E-state index contributed by atoms with van der Waals surface area (Å²) >= 11 is 0. The van der Waals surface area contributed by atoms with Gasteiger partial charge >= 0.3 is 5.97 Å². The number of aliphatic carboxylic acids is 1. The van der Waals surface area contributed by atoms with Gasteiger partial charge in [-0.2, -0.15) is 0 Å². The molecule has 0 bridgehead atoms. The molecule has 3 rings (SSSR count). The number of carboxylic acids is 1. The minimum Gasteiger partial charge on any atom is -0.480 e. The van der Waals surface area contributed by atoms with E-state index in [2.05, 4.69) is 20.9 Å². The molecule has 3 amide bonds. The van der Waals surface area contributed by atoms with Crippen LogP contribution in [0.5, 0.6) is 0 Å². The standard InChI is InChI=1S/C30H40N6O6/c1-18(37)26(30(41)42)36-28(39)24(13-7-8-14-31)34-29(40)25(16-20-17-33-23-12-6-5-11-21(20)23)35-27(38)22(32)15-19-9-3-2-4-10-19/h2-6,9-12,17-18,22,24-26,33,37H,7-8,13-16,31-32H2,1H3,(H,34,40)(H,35,38)(H,36,39)(H,41,42)/t18-,22+,24+,25-,26+/m1/s1. The molecule has 0 aliphatic heterocycles. The highest BCUT2D eigenvalue weighted by molar-refractivity contribution is 5.95. The number of nitrogens with one attached hydrogen (secondary N) is 4. The Morgan fingerprint density at radius 3 is 2.17 bits per heavy atom. The van der Waals surface area contributed by atoms with E-state index in [1.807, 2.05) is 54.6 Å². The van der Waals surface area contributed by atoms with E-state index in [4.69, 9.17) is 11.5 Å². The molecule has 1 heterocycles. The Kier molecular flexibility index (Phi) is 12.0. The summed E-state index contributed by atoms with van der Waals surface area (Å²) in [6, 6.07) is 12.0. The van der Waals surface area contributed by atoms with Gasteiger partial charge in [-0.3, -0.25) is 14.4 Å². The summed E-state index contributed by atoms with van der Waals surface area (Å²) in [6.45, 7) is 1.61. The molecule has 0 fully saturated rings. The number of H-pyrrole nitrogens is 1. The van der Waals surface area contributed by atoms with Gasteiger partial charge in [0.2, 0.25) is 17.7 Å². The third kappa shape index (κ3) is 9.13. The average Bonchev–Trinajstić information content (AvgIpc) is 3.37. The lowest BCUT2D eigenvalue weighted by Gasteiger charge is -2.26. The average molecular weight is 581 g/mol. The number of hydrogen-bond acceptors (Lipinski definition) is 7. The fourth-order valence-corrected chi connectivity index (χ4v) is 4.65. The van der Waals surface area contributed by atoms with Crippen molar-refractivity contribution in [3.8, 4) is 0 Å². The fraction of sp³-hybridized carbons (Fsp3) is 0.400. The number of nitrogens with two attached hydrogens (primary N) is 2. The SMILES string of the molecule is C[C@@H](O)[C@H](NC(=O)[C@H](CCCCN)NC(=O)[C@@H](Cc1c[nH]c2ccccc12)NC(=O)[C@@H](N)Cc1ccccc1)C(=O)O. The van der Waals surface area contributed by atoms with E-state index in [1.165, 1.54) is 6.92 Å². The number of benzene rings is 2. The van der Waals surface area contributed by atoms with Gasteiger partial charge in [-0.1, -0.05) is 48.5 Å². The van der Waals surface area contributed by atoms with Gasteiger partial charge in [-0.05, 0) is 56.3 Å². The number of carboxylic acid groups (broad SMARTS) is 1. The Labute approximate surface area is 244 Å². The quantitative estimate of drug-likeness (QED) is 0.110. The second-order valence-corrected chi connectivity index (χ2v) is 10.3. The number of fused-ring (bicyclic) bond motifs is 1. The number of aromatic amines is 1. The van der Waals surface area contributed by atoms with Crippen molar-refractivity contribution in [3.05, 3.63) is 71.9 Å². The van der Waals surface area contributed by atoms with E-state index in [0.29, 0.717) is 19.4 Å². The van der Waals surface area contributed by atoms with Crippen LogP contribution in [0.3, 0.4) is 0 Å². The molecule has 3 aromatic rings. The van der Waals surface area contributed by atoms with Crippen LogP contribution in [-0.2, 0) is 32.0 Å². The number of carbonyl (C=O) groups is 4. The van der Waals surface area contributed by atoms with E-state index in [-0.39, 0.29) is 19.3 Å². The molecule has 42 heavy (non-hydrogen) atoms. The van der Waals surface area contributed by atoms with Crippen LogP contribution in [0, 0.1) is 0 Å². The van der Waals surface area contributed by atoms with Crippen LogP contribution in [0.1, 0.15) is 37.3 Å². The summed E-state index contributed by atoms with van der Waals surface area (Å²) in [4.78, 5) is 54.6. The molecule has 1 aromatic heterocycles. The van der Waals surface area contributed by atoms with Crippen molar-refractivity contribution in [2.45, 2.75) is 69.3 Å². The number of aromatic nitrogens is 1. The molecule has 0 saturated heterocycles. The summed E-state index contributed by atoms with van der Waals surface area (Å²) in [7, 11) is 0. The first-order valence-electron chi connectivity index (χ1n) is 14.0. The topological polar surface area (TPSA) is 213 Å². The Morgan fingerprint density at radius 1 is 0.857 bits per heavy atom. The van der Waals surface area contributed by atoms with Crippen molar-refractivity contribution in [1.29, 1.82) is 0 Å². The minimum atomic E-state index is -1.57. The predicted molar refractivity (Wildman–Crippen MR) is 158 cm³/mol. The normalized spacial score (nSPS) is 14.8. The number of amides is 3. The van der Waals surface area contributed by atoms with Crippen molar-refractivity contribution >= 4 is 34.6 Å². The molecule has 0 saturated carbocycles. The third-order valence-electron chi connectivity index (χ3n) is 6.99. The minimum absolute atomic E-state index is 0.0994. The molecule has 0 aliphatic carbocycles. The smallest absolute Gasteiger partial charge is 0.328 e. The second kappa shape index (κ2) is 15.7. The number of carbonyl (C=O) groups excluding carboxylic acids is 3. The Hall–Kier alpha value is -4.26. The summed E-state index contributed by atoms with van der Waals surface area (Å²) in [5, 5.41) is 27.8. The van der Waals surface area contributed by atoms with Crippen molar-refractivity contribution in [1.82, 2.24) is 20.9 Å². The van der Waals surface area contributed by atoms with Crippen molar-refractivity contribution < 1.29 is 29.4 Å². The van der Waals surface area contributed by atoms with E-state index < -0.39 is 54.0 Å². The van der Waals surface area contributed by atoms with Gasteiger partial charge in [0.25, 0.3) is 0 Å². The van der Waals surface area contributed by atoms with Gasteiger partial charge in [0.1, 0.15) is 12.1 Å². The largest absolute Gasteiger partial charge is 0.480 e. The number of para-hydroxylation sites is 1. The maximum atomic E-state index is 13.7. The fourth-order valence-electron chi connectivity index (χ4n) is 4.65. The lowest BCUT2D eigenvalue weighted by molar-refractivity contribution is -0.145. The maximum Gasteiger partial charge on any atom is 0.328 e. The van der Waals surface area contributed by atoms with Gasteiger partial charge in [-0.25, -0.2) is 4.79 Å². The molecule has 0 aliphatic rings. The van der Waals surface area contributed by atoms with Crippen LogP contribution in [0.4, 0.5) is 0 Å². The zero-order chi connectivity index (χ0) is 30.6. The van der Waals surface area contributed by atoms with Gasteiger partial charge < -0.3 is 42.6 Å². The Morgan fingerprint density at radius 2 is 1.50 bits per heavy atom. The first-order valence-corrected chi connectivity index (χ1v) is 14.0. The van der Waals surface area contributed by atoms with Crippen LogP contribution in [0.25, 0.3) is 10.9 Å². The molecule has 226 valence electrons. The second-order valence-electron chi connectivity index (χ2n) is 10.3. The van der Waals surface area contributed by atoms with Crippen LogP contribution in [0.15, 0.2) is 60.8 Å². The zero-order valence-corrected chi connectivity index (χ0v) is 23.6. The van der Waals surface area contributed by atoms with E-state index in [0.717, 1.165) is 22.0 Å². The third-order valence-corrected chi connectivity index (χ3v) is 6.99. The molecule has 0 radical (unpaired) electrons. The number of unbranched alkanes of at least 4 members (excludes halogenated alkanes) is 1. The lowest BCUT2D eigenvalue weighted by atomic mass is 10.0. The van der Waals surface area contributed by atoms with Crippen LogP contribution in [-0.4, -0.2) is 75.7 Å². The highest BCUT2D eigenvalue weighted by Crippen LogP contribution is 2.19. The van der Waals surface area contributed by atoms with Crippen LogP contribution in [0.2, 0.25) is 0 Å².